The number of fused-ring (bicyclic) bond motifs is 6. The Morgan fingerprint density at radius 3 is 0.988 bits per heavy atom. The third kappa shape index (κ3) is 15.2. The van der Waals surface area contributed by atoms with Gasteiger partial charge in [-0.05, 0) is 204 Å². The first-order chi connectivity index (χ1) is 40.3. The van der Waals surface area contributed by atoms with Gasteiger partial charge in [0.1, 0.15) is 0 Å². The first-order valence-electron chi connectivity index (χ1n) is 30.2. The number of halogens is 2. The van der Waals surface area contributed by atoms with Crippen LogP contribution in [0.3, 0.4) is 0 Å². The summed E-state index contributed by atoms with van der Waals surface area (Å²) in [7, 11) is 6.00. The van der Waals surface area contributed by atoms with E-state index in [2.05, 4.69) is 184 Å². The molecule has 0 N–H and O–H groups in total. The molecule has 2 aliphatic heterocycles. The molecule has 0 aromatic heterocycles. The Morgan fingerprint density at radius 1 is 0.333 bits per heavy atom. The molecule has 4 aliphatic rings. The summed E-state index contributed by atoms with van der Waals surface area (Å²) in [6, 6.07) is 35.8. The topological polar surface area (TPSA) is 111 Å². The minimum absolute atomic E-state index is 0.163. The first kappa shape index (κ1) is 66.7. The van der Waals surface area contributed by atoms with Gasteiger partial charge in [0, 0.05) is 74.6 Å². The number of ether oxygens (including phenoxy) is 8. The van der Waals surface area contributed by atoms with E-state index in [1.807, 2.05) is 0 Å². The fourth-order valence-corrected chi connectivity index (χ4v) is 12.9. The molecule has 456 valence electrons. The Kier molecular flexibility index (Phi) is 23.7. The average molecular weight is 1280 g/mol. The predicted octanol–water partition coefficient (Wildman–Crippen LogP) is 13.5. The smallest absolute Gasteiger partial charge is 0.399 e. The minimum Gasteiger partial charge on any atom is -0.399 e. The summed E-state index contributed by atoms with van der Waals surface area (Å²) in [6.45, 7) is 24.5. The zero-order chi connectivity index (χ0) is 60.2. The maximum Gasteiger partial charge on any atom is 0.494 e. The Bertz CT molecular complexity index is 2850. The van der Waals surface area contributed by atoms with Crippen molar-refractivity contribution in [1.82, 2.24) is 0 Å². The van der Waals surface area contributed by atoms with Gasteiger partial charge in [-0.15, -0.1) is 0 Å². The van der Waals surface area contributed by atoms with Crippen LogP contribution in [-0.2, 0) is 67.3 Å². The Morgan fingerprint density at radius 2 is 0.631 bits per heavy atom. The molecule has 5 aromatic rings. The van der Waals surface area contributed by atoms with Gasteiger partial charge >= 0.3 is 14.2 Å². The van der Waals surface area contributed by atoms with Gasteiger partial charge in [0.2, 0.25) is 0 Å². The lowest BCUT2D eigenvalue weighted by molar-refractivity contribution is 0.00578. The highest BCUT2D eigenvalue weighted by Crippen LogP contribution is 2.56. The molecule has 0 atom stereocenters. The molecular formula is C68H92B2Br2O12. The van der Waals surface area contributed by atoms with Crippen LogP contribution in [0.4, 0.5) is 0 Å². The molecule has 2 heterocycles. The van der Waals surface area contributed by atoms with Crippen LogP contribution in [-0.4, -0.2) is 144 Å². The quantitative estimate of drug-likeness (QED) is 0.0311. The second kappa shape index (κ2) is 29.8. The highest BCUT2D eigenvalue weighted by Gasteiger charge is 2.54. The summed E-state index contributed by atoms with van der Waals surface area (Å²) >= 11 is 7.35. The molecule has 16 heteroatoms. The van der Waals surface area contributed by atoms with E-state index in [4.69, 9.17) is 56.5 Å². The summed E-state index contributed by atoms with van der Waals surface area (Å²) in [4.78, 5) is 0. The van der Waals surface area contributed by atoms with Crippen molar-refractivity contribution >= 4 is 57.0 Å². The highest BCUT2D eigenvalue weighted by atomic mass is 79.9. The molecule has 12 nitrogen and oxygen atoms in total. The SMILES string of the molecule is COCCOCCCC1(CCCOCCOC)c2cc(B3OC(C)(C)C(C)(C)O3)ccc2-c2ccc(-c3ccc(Br)cc3)cc21.COCCOCCCC1(CCCOCCOC)c2cc(Br)ccc2-c2ccc(B3OC(C)(C)C(C)(C)O3)cc21. The molecule has 2 aliphatic carbocycles. The largest absolute Gasteiger partial charge is 0.494 e. The monoisotopic (exact) mass is 1280 g/mol. The molecule has 84 heavy (non-hydrogen) atoms. The van der Waals surface area contributed by atoms with Gasteiger partial charge in [0.15, 0.2) is 0 Å². The second-order valence-corrected chi connectivity index (χ2v) is 26.6. The Balaban J connectivity index is 0.000000221. The number of hydrogen-bond donors (Lipinski definition) is 0. The van der Waals surface area contributed by atoms with Crippen molar-refractivity contribution in [2.45, 2.75) is 140 Å². The fourth-order valence-electron chi connectivity index (χ4n) is 12.3. The Labute approximate surface area is 519 Å². The van der Waals surface area contributed by atoms with Crippen molar-refractivity contribution in [1.29, 1.82) is 0 Å². The van der Waals surface area contributed by atoms with Gasteiger partial charge in [0.25, 0.3) is 0 Å². The molecule has 9 rings (SSSR count). The van der Waals surface area contributed by atoms with Crippen molar-refractivity contribution in [3.63, 3.8) is 0 Å². The van der Waals surface area contributed by atoms with E-state index in [1.54, 1.807) is 28.4 Å². The average Bonchev–Trinajstić information content (AvgIpc) is 1.76. The molecule has 0 radical (unpaired) electrons. The van der Waals surface area contributed by atoms with Gasteiger partial charge in [-0.25, -0.2) is 0 Å². The number of methoxy groups -OCH3 is 4. The van der Waals surface area contributed by atoms with E-state index in [9.17, 15) is 0 Å². The summed E-state index contributed by atoms with van der Waals surface area (Å²) < 4.78 is 72.6. The molecule has 0 saturated carbocycles. The lowest BCUT2D eigenvalue weighted by atomic mass is 9.69. The van der Waals surface area contributed by atoms with Crippen LogP contribution in [0.15, 0.2) is 106 Å². The maximum absolute atomic E-state index is 6.52. The molecule has 0 amide bonds. The van der Waals surface area contributed by atoms with Gasteiger partial charge < -0.3 is 56.5 Å². The highest BCUT2D eigenvalue weighted by molar-refractivity contribution is 9.10. The number of hydrogen-bond acceptors (Lipinski definition) is 12. The normalized spacial score (nSPS) is 17.9. The van der Waals surface area contributed by atoms with Crippen LogP contribution in [0, 0.1) is 0 Å². The Hall–Kier alpha value is -3.29. The lowest BCUT2D eigenvalue weighted by Crippen LogP contribution is -2.41. The number of rotatable bonds is 31. The van der Waals surface area contributed by atoms with Crippen molar-refractivity contribution in [3.8, 4) is 33.4 Å². The van der Waals surface area contributed by atoms with Crippen LogP contribution in [0.1, 0.15) is 129 Å². The zero-order valence-corrected chi connectivity index (χ0v) is 55.4. The van der Waals surface area contributed by atoms with E-state index >= 15 is 0 Å². The van der Waals surface area contributed by atoms with Gasteiger partial charge in [-0.3, -0.25) is 0 Å². The van der Waals surface area contributed by atoms with Gasteiger partial charge in [-0.2, -0.15) is 0 Å². The fraction of sp³-hybridized carbons (Fsp3) is 0.559. The minimum atomic E-state index is -0.421. The predicted molar refractivity (Wildman–Crippen MR) is 345 cm³/mol. The third-order valence-electron chi connectivity index (χ3n) is 18.3. The van der Waals surface area contributed by atoms with Crippen LogP contribution in [0.5, 0.6) is 0 Å². The summed E-state index contributed by atoms with van der Waals surface area (Å²) in [5.74, 6) is 0. The van der Waals surface area contributed by atoms with Crippen molar-refractivity contribution < 1.29 is 56.5 Å². The zero-order valence-electron chi connectivity index (χ0n) is 52.2. The van der Waals surface area contributed by atoms with E-state index in [0.717, 1.165) is 71.2 Å². The molecule has 0 bridgehead atoms. The molecule has 2 fully saturated rings. The molecular weight excluding hydrogens is 1190 g/mol. The first-order valence-corrected chi connectivity index (χ1v) is 31.8. The molecule has 2 saturated heterocycles. The van der Waals surface area contributed by atoms with Crippen LogP contribution >= 0.6 is 31.9 Å². The molecule has 5 aromatic carbocycles. The molecule has 0 spiro atoms. The molecule has 0 unspecified atom stereocenters. The van der Waals surface area contributed by atoms with Gasteiger partial charge in [0.05, 0.1) is 75.3 Å². The van der Waals surface area contributed by atoms with Crippen LogP contribution < -0.4 is 10.9 Å². The van der Waals surface area contributed by atoms with E-state index in [-0.39, 0.29) is 22.0 Å². The van der Waals surface area contributed by atoms with Crippen LogP contribution in [0.25, 0.3) is 33.4 Å². The summed E-state index contributed by atoms with van der Waals surface area (Å²) in [5.41, 5.74) is 13.2. The standard InChI is InChI=1S/C37H48BBrO6.C31H44BBrO6/c1-35(2)36(3,4)45-38(44-35)29-12-16-32-31-15-11-28(27-9-13-30(39)14-10-27)25-33(31)37(34(32)26-29,17-7-19-42-23-21-40-5)18-8-20-43-24-22-41-6;1-29(2)30(3,4)39-32(38-29)23-9-11-25-26-12-10-24(33)22-28(26)31(27(25)21-23,13-7-15-36-19-17-34-5)14-8-16-37-20-18-35-6/h9-16,25-26H,7-8,17-24H2,1-6H3;9-12,21-22H,7-8,13-20H2,1-6H3. The lowest BCUT2D eigenvalue weighted by Gasteiger charge is -2.33. The summed E-state index contributed by atoms with van der Waals surface area (Å²) in [5, 5.41) is 0. The van der Waals surface area contributed by atoms with E-state index in [1.165, 1.54) is 55.6 Å². The summed E-state index contributed by atoms with van der Waals surface area (Å²) in [6.07, 6.45) is 7.60. The third-order valence-corrected chi connectivity index (χ3v) is 19.3. The van der Waals surface area contributed by atoms with Crippen LogP contribution in [0.2, 0.25) is 0 Å². The van der Waals surface area contributed by atoms with Gasteiger partial charge in [-0.1, -0.05) is 98.6 Å². The van der Waals surface area contributed by atoms with E-state index in [0.29, 0.717) is 79.3 Å². The number of benzene rings is 5. The van der Waals surface area contributed by atoms with Crippen molar-refractivity contribution in [2.24, 2.45) is 0 Å². The maximum atomic E-state index is 6.52. The van der Waals surface area contributed by atoms with Crippen molar-refractivity contribution in [2.75, 3.05) is 108 Å². The van der Waals surface area contributed by atoms with E-state index < -0.39 is 25.4 Å². The van der Waals surface area contributed by atoms with Crippen molar-refractivity contribution in [3.05, 3.63) is 128 Å². The second-order valence-electron chi connectivity index (χ2n) is 24.7.